The summed E-state index contributed by atoms with van der Waals surface area (Å²) in [5.74, 6) is -0.00592. The van der Waals surface area contributed by atoms with Gasteiger partial charge in [-0.15, -0.1) is 11.3 Å². The van der Waals surface area contributed by atoms with E-state index in [0.29, 0.717) is 11.4 Å². The van der Waals surface area contributed by atoms with E-state index in [1.807, 2.05) is 0 Å². The van der Waals surface area contributed by atoms with Crippen molar-refractivity contribution in [1.82, 2.24) is 9.55 Å². The number of nitrogens with one attached hydrogen (secondary N) is 1. The molecule has 9 heteroatoms. The van der Waals surface area contributed by atoms with Crippen molar-refractivity contribution in [1.29, 1.82) is 0 Å². The normalized spacial score (nSPS) is 11.4. The molecule has 2 aromatic rings. The fraction of sp³-hybridized carbons (Fsp3) is 0.333. The van der Waals surface area contributed by atoms with E-state index in [-0.39, 0.29) is 15.6 Å². The minimum absolute atomic E-state index is 0.0936. The highest BCUT2D eigenvalue weighted by Gasteiger charge is 2.24. The second-order valence-corrected chi connectivity index (χ2v) is 6.97. The lowest BCUT2D eigenvalue weighted by atomic mass is 10.3. The van der Waals surface area contributed by atoms with Gasteiger partial charge in [0.2, 0.25) is 0 Å². The fourth-order valence-electron chi connectivity index (χ4n) is 1.66. The zero-order chi connectivity index (χ0) is 15.8. The summed E-state index contributed by atoms with van der Waals surface area (Å²) in [6, 6.07) is 0. The van der Waals surface area contributed by atoms with Gasteiger partial charge in [-0.1, -0.05) is 0 Å². The topological polar surface area (TPSA) is 90.3 Å². The Morgan fingerprint density at radius 3 is 2.62 bits per heavy atom. The van der Waals surface area contributed by atoms with Crippen LogP contribution in [0.3, 0.4) is 0 Å². The Kier molecular flexibility index (Phi) is 4.06. The zero-order valence-electron chi connectivity index (χ0n) is 12.0. The average molecular weight is 329 g/mol. The van der Waals surface area contributed by atoms with Gasteiger partial charge in [0, 0.05) is 13.2 Å². The molecule has 114 valence electrons. The molecule has 0 aliphatic rings. The molecule has 0 bridgehead atoms. The molecule has 0 unspecified atom stereocenters. The Morgan fingerprint density at radius 1 is 1.43 bits per heavy atom. The molecule has 0 aromatic carbocycles. The van der Waals surface area contributed by atoms with Crippen LogP contribution < -0.4 is 4.72 Å². The summed E-state index contributed by atoms with van der Waals surface area (Å²) in [4.78, 5) is 15.9. The van der Waals surface area contributed by atoms with Gasteiger partial charge in [0.15, 0.2) is 5.03 Å². The van der Waals surface area contributed by atoms with Crippen molar-refractivity contribution in [2.24, 2.45) is 7.05 Å². The predicted molar refractivity (Wildman–Crippen MR) is 79.1 cm³/mol. The number of rotatable bonds is 4. The van der Waals surface area contributed by atoms with Gasteiger partial charge in [0.1, 0.15) is 10.7 Å². The summed E-state index contributed by atoms with van der Waals surface area (Å²) < 4.78 is 33.4. The van der Waals surface area contributed by atoms with Crippen LogP contribution in [-0.4, -0.2) is 31.0 Å². The van der Waals surface area contributed by atoms with Crippen LogP contribution in [-0.2, 0) is 21.8 Å². The quantitative estimate of drug-likeness (QED) is 0.862. The van der Waals surface area contributed by atoms with E-state index in [0.717, 1.165) is 11.3 Å². The number of aromatic nitrogens is 2. The third kappa shape index (κ3) is 2.93. The van der Waals surface area contributed by atoms with Crippen molar-refractivity contribution in [3.63, 3.8) is 0 Å². The molecule has 0 radical (unpaired) electrons. The van der Waals surface area contributed by atoms with E-state index in [9.17, 15) is 13.2 Å². The van der Waals surface area contributed by atoms with Gasteiger partial charge in [-0.25, -0.2) is 9.78 Å². The van der Waals surface area contributed by atoms with E-state index < -0.39 is 16.0 Å². The Morgan fingerprint density at radius 2 is 2.10 bits per heavy atom. The molecule has 0 amide bonds. The lowest BCUT2D eigenvalue weighted by Crippen LogP contribution is -2.16. The first-order chi connectivity index (χ1) is 9.76. The second kappa shape index (κ2) is 5.49. The standard InChI is InChI=1S/C12H15N3O4S2/c1-7-6-20-11(12(16)19-4)10(7)14-21(17,18)9-5-15(3)8(2)13-9/h5-6,14H,1-4H3. The third-order valence-electron chi connectivity index (χ3n) is 2.94. The van der Waals surface area contributed by atoms with Crippen molar-refractivity contribution >= 4 is 33.0 Å². The van der Waals surface area contributed by atoms with Gasteiger partial charge in [-0.05, 0) is 24.8 Å². The van der Waals surface area contributed by atoms with Crippen LogP contribution in [0.4, 0.5) is 5.69 Å². The molecule has 0 spiro atoms. The summed E-state index contributed by atoms with van der Waals surface area (Å²) >= 11 is 1.13. The van der Waals surface area contributed by atoms with Gasteiger partial charge >= 0.3 is 5.97 Å². The number of nitrogens with zero attached hydrogens (tertiary/aromatic N) is 2. The second-order valence-electron chi connectivity index (χ2n) is 4.46. The number of esters is 1. The summed E-state index contributed by atoms with van der Waals surface area (Å²) in [6.45, 7) is 3.42. The van der Waals surface area contributed by atoms with Crippen LogP contribution in [0.2, 0.25) is 0 Å². The molecule has 0 aliphatic heterocycles. The number of carbonyl (C=O) groups is 1. The zero-order valence-corrected chi connectivity index (χ0v) is 13.6. The van der Waals surface area contributed by atoms with Crippen LogP contribution in [0, 0.1) is 13.8 Å². The molecule has 7 nitrogen and oxygen atoms in total. The third-order valence-corrected chi connectivity index (χ3v) is 5.24. The number of aryl methyl sites for hydroxylation is 3. The highest BCUT2D eigenvalue weighted by atomic mass is 32.2. The number of hydrogen-bond acceptors (Lipinski definition) is 6. The minimum Gasteiger partial charge on any atom is -0.465 e. The number of imidazole rings is 1. The molecule has 0 saturated carbocycles. The van der Waals surface area contributed by atoms with Crippen LogP contribution in [0.5, 0.6) is 0 Å². The number of carbonyl (C=O) groups excluding carboxylic acids is 1. The van der Waals surface area contributed by atoms with Gasteiger partial charge in [0.25, 0.3) is 10.0 Å². The van der Waals surface area contributed by atoms with Gasteiger partial charge in [-0.2, -0.15) is 8.42 Å². The van der Waals surface area contributed by atoms with Crippen LogP contribution in [0.15, 0.2) is 16.6 Å². The number of hydrogen-bond donors (Lipinski definition) is 1. The average Bonchev–Trinajstić information content (AvgIpc) is 2.94. The maximum Gasteiger partial charge on any atom is 0.350 e. The summed E-state index contributed by atoms with van der Waals surface area (Å²) in [6.07, 6.45) is 1.41. The maximum atomic E-state index is 12.3. The Balaban J connectivity index is 2.42. The number of thiophene rings is 1. The largest absolute Gasteiger partial charge is 0.465 e. The summed E-state index contributed by atoms with van der Waals surface area (Å²) in [7, 11) is -0.901. The lowest BCUT2D eigenvalue weighted by molar-refractivity contribution is 0.0607. The highest BCUT2D eigenvalue weighted by molar-refractivity contribution is 7.92. The van der Waals surface area contributed by atoms with E-state index in [4.69, 9.17) is 0 Å². The Bertz CT molecular complexity index is 770. The van der Waals surface area contributed by atoms with Crippen LogP contribution in [0.25, 0.3) is 0 Å². The smallest absolute Gasteiger partial charge is 0.350 e. The summed E-state index contributed by atoms with van der Waals surface area (Å²) in [5, 5.41) is 1.59. The number of methoxy groups -OCH3 is 1. The lowest BCUT2D eigenvalue weighted by Gasteiger charge is -2.07. The van der Waals surface area contributed by atoms with E-state index in [2.05, 4.69) is 14.4 Å². The van der Waals surface area contributed by atoms with Gasteiger partial charge < -0.3 is 9.30 Å². The molecule has 1 N–H and O–H groups in total. The molecule has 2 heterocycles. The van der Waals surface area contributed by atoms with Gasteiger partial charge in [-0.3, -0.25) is 4.72 Å². The first-order valence-corrected chi connectivity index (χ1v) is 8.31. The van der Waals surface area contributed by atoms with Crippen LogP contribution >= 0.6 is 11.3 Å². The number of anilines is 1. The molecule has 0 atom stereocenters. The first kappa shape index (κ1) is 15.5. The molecule has 0 fully saturated rings. The first-order valence-electron chi connectivity index (χ1n) is 5.95. The fourth-order valence-corrected chi connectivity index (χ4v) is 3.83. The van der Waals surface area contributed by atoms with Crippen molar-refractivity contribution in [3.05, 3.63) is 27.8 Å². The van der Waals surface area contributed by atoms with Crippen molar-refractivity contribution < 1.29 is 17.9 Å². The predicted octanol–water partition coefficient (Wildman–Crippen LogP) is 1.69. The van der Waals surface area contributed by atoms with Crippen LogP contribution in [0.1, 0.15) is 21.1 Å². The minimum atomic E-state index is -3.85. The van der Waals surface area contributed by atoms with E-state index in [1.54, 1.807) is 30.8 Å². The molecule has 0 saturated heterocycles. The molecular formula is C12H15N3O4S2. The van der Waals surface area contributed by atoms with Gasteiger partial charge in [0.05, 0.1) is 12.8 Å². The highest BCUT2D eigenvalue weighted by Crippen LogP contribution is 2.30. The molecule has 0 aliphatic carbocycles. The maximum absolute atomic E-state index is 12.3. The molecular weight excluding hydrogens is 314 g/mol. The van der Waals surface area contributed by atoms with Crippen molar-refractivity contribution in [2.75, 3.05) is 11.8 Å². The van der Waals surface area contributed by atoms with Crippen molar-refractivity contribution in [2.45, 2.75) is 18.9 Å². The van der Waals surface area contributed by atoms with Crippen molar-refractivity contribution in [3.8, 4) is 0 Å². The van der Waals surface area contributed by atoms with E-state index in [1.165, 1.54) is 13.3 Å². The monoisotopic (exact) mass is 329 g/mol. The molecule has 2 aromatic heterocycles. The Hall–Kier alpha value is -1.87. The van der Waals surface area contributed by atoms with E-state index >= 15 is 0 Å². The summed E-state index contributed by atoms with van der Waals surface area (Å²) in [5.41, 5.74) is 0.881. The molecule has 2 rings (SSSR count). The number of sulfonamides is 1. The SMILES string of the molecule is COC(=O)c1scc(C)c1NS(=O)(=O)c1cn(C)c(C)n1. The molecule has 21 heavy (non-hydrogen) atoms. The Labute approximate surface area is 126 Å². The number of ether oxygens (including phenoxy) is 1.